The van der Waals surface area contributed by atoms with Gasteiger partial charge in [0, 0.05) is 5.56 Å². The monoisotopic (exact) mass is 279 g/mol. The van der Waals surface area contributed by atoms with Crippen molar-refractivity contribution in [3.8, 4) is 17.0 Å². The van der Waals surface area contributed by atoms with Crippen molar-refractivity contribution < 1.29 is 19.0 Å². The highest BCUT2D eigenvalue weighted by Crippen LogP contribution is 2.29. The molecule has 0 amide bonds. The second-order valence-corrected chi connectivity index (χ2v) is 4.06. The van der Waals surface area contributed by atoms with Gasteiger partial charge in [-0.25, -0.2) is 9.07 Å². The summed E-state index contributed by atoms with van der Waals surface area (Å²) in [6.07, 6.45) is 0.563. The summed E-state index contributed by atoms with van der Waals surface area (Å²) >= 11 is 0. The lowest BCUT2D eigenvalue weighted by molar-refractivity contribution is 0.112. The van der Waals surface area contributed by atoms with Crippen LogP contribution in [0.15, 0.2) is 18.2 Å². The number of rotatable bonds is 5. The minimum absolute atomic E-state index is 0.101. The van der Waals surface area contributed by atoms with E-state index in [1.165, 1.54) is 23.9 Å². The first-order chi connectivity index (χ1) is 9.62. The van der Waals surface area contributed by atoms with Crippen LogP contribution in [-0.2, 0) is 6.54 Å². The molecule has 0 atom stereocenters. The molecule has 0 bridgehead atoms. The fourth-order valence-electron chi connectivity index (χ4n) is 1.90. The number of aldehydes is 1. The molecule has 0 radical (unpaired) electrons. The number of halogens is 1. The van der Waals surface area contributed by atoms with Gasteiger partial charge in [0.25, 0.3) is 0 Å². The number of nitrogen functional groups attached to an aromatic ring is 1. The number of methoxy groups -OCH3 is 1. The fraction of sp³-hybridized carbons (Fsp3) is 0.231. The van der Waals surface area contributed by atoms with Crippen molar-refractivity contribution in [3.05, 3.63) is 29.6 Å². The van der Waals surface area contributed by atoms with Gasteiger partial charge in [-0.05, 0) is 18.2 Å². The van der Waals surface area contributed by atoms with E-state index in [1.807, 2.05) is 0 Å². The first-order valence-corrected chi connectivity index (χ1v) is 5.88. The third-order valence-corrected chi connectivity index (χ3v) is 2.88. The fourth-order valence-corrected chi connectivity index (χ4v) is 1.90. The lowest BCUT2D eigenvalue weighted by Gasteiger charge is -2.03. The molecule has 0 aliphatic carbocycles. The Kier molecular flexibility index (Phi) is 3.99. The van der Waals surface area contributed by atoms with Crippen LogP contribution in [0.5, 0.6) is 5.75 Å². The van der Waals surface area contributed by atoms with E-state index in [1.54, 1.807) is 6.07 Å². The summed E-state index contributed by atoms with van der Waals surface area (Å²) in [7, 11) is 1.36. The number of hydrogen-bond acceptors (Lipinski definition) is 5. The molecule has 0 saturated carbocycles. The number of hydrogen-bond donors (Lipinski definition) is 2. The third-order valence-electron chi connectivity index (χ3n) is 2.88. The zero-order valence-corrected chi connectivity index (χ0v) is 10.8. The Bertz CT molecular complexity index is 640. The highest BCUT2D eigenvalue weighted by Gasteiger charge is 2.17. The van der Waals surface area contributed by atoms with Gasteiger partial charge >= 0.3 is 0 Å². The van der Waals surface area contributed by atoms with Gasteiger partial charge in [0.15, 0.2) is 17.9 Å². The highest BCUT2D eigenvalue weighted by atomic mass is 19.1. The molecule has 2 rings (SSSR count). The standard InChI is InChI=1S/C13H14FN3O3/c1-20-11-3-2-8(6-10(11)14)12-9(7-19)13(15)17(16-12)4-5-18/h2-3,6-7,18H,4-5,15H2,1H3. The smallest absolute Gasteiger partial charge is 0.165 e. The molecule has 0 fully saturated rings. The molecule has 1 heterocycles. The number of carbonyl (C=O) groups is 1. The predicted molar refractivity (Wildman–Crippen MR) is 71.1 cm³/mol. The van der Waals surface area contributed by atoms with Crippen molar-refractivity contribution in [2.24, 2.45) is 0 Å². The molecule has 0 aliphatic heterocycles. The summed E-state index contributed by atoms with van der Waals surface area (Å²) in [5.41, 5.74) is 6.62. The van der Waals surface area contributed by atoms with Gasteiger partial charge in [-0.3, -0.25) is 4.79 Å². The summed E-state index contributed by atoms with van der Waals surface area (Å²) < 4.78 is 19.8. The average Bonchev–Trinajstić information content (AvgIpc) is 2.76. The van der Waals surface area contributed by atoms with Crippen molar-refractivity contribution in [1.29, 1.82) is 0 Å². The van der Waals surface area contributed by atoms with E-state index in [0.717, 1.165) is 0 Å². The molecule has 7 heteroatoms. The van der Waals surface area contributed by atoms with E-state index in [-0.39, 0.29) is 36.0 Å². The van der Waals surface area contributed by atoms with Crippen molar-refractivity contribution in [2.75, 3.05) is 19.5 Å². The van der Waals surface area contributed by atoms with Crippen LogP contribution < -0.4 is 10.5 Å². The lowest BCUT2D eigenvalue weighted by Crippen LogP contribution is -2.08. The second-order valence-electron chi connectivity index (χ2n) is 4.06. The van der Waals surface area contributed by atoms with Crippen LogP contribution in [0.1, 0.15) is 10.4 Å². The van der Waals surface area contributed by atoms with Crippen LogP contribution >= 0.6 is 0 Å². The molecule has 0 saturated heterocycles. The molecular weight excluding hydrogens is 265 g/mol. The van der Waals surface area contributed by atoms with Crippen molar-refractivity contribution in [3.63, 3.8) is 0 Å². The van der Waals surface area contributed by atoms with Crippen LogP contribution in [0.2, 0.25) is 0 Å². The molecule has 3 N–H and O–H groups in total. The Hall–Kier alpha value is -2.41. The van der Waals surface area contributed by atoms with Gasteiger partial charge in [0.1, 0.15) is 11.5 Å². The first kappa shape index (κ1) is 14.0. The lowest BCUT2D eigenvalue weighted by atomic mass is 10.1. The Morgan fingerprint density at radius 2 is 2.30 bits per heavy atom. The SMILES string of the molecule is COc1ccc(-c2nn(CCO)c(N)c2C=O)cc1F. The number of ether oxygens (including phenoxy) is 1. The Balaban J connectivity index is 2.54. The molecule has 20 heavy (non-hydrogen) atoms. The number of nitrogens with two attached hydrogens (primary N) is 1. The van der Waals surface area contributed by atoms with Crippen LogP contribution in [0.4, 0.5) is 10.2 Å². The number of nitrogens with zero attached hydrogens (tertiary/aromatic N) is 2. The summed E-state index contributed by atoms with van der Waals surface area (Å²) in [6.45, 7) is -0.00803. The van der Waals surface area contributed by atoms with E-state index in [4.69, 9.17) is 15.6 Å². The van der Waals surface area contributed by atoms with Crippen molar-refractivity contribution in [1.82, 2.24) is 9.78 Å². The largest absolute Gasteiger partial charge is 0.494 e. The molecular formula is C13H14FN3O3. The summed E-state index contributed by atoms with van der Waals surface area (Å²) in [4.78, 5) is 11.1. The van der Waals surface area contributed by atoms with Crippen molar-refractivity contribution in [2.45, 2.75) is 6.54 Å². The summed E-state index contributed by atoms with van der Waals surface area (Å²) in [5.74, 6) is -0.318. The zero-order valence-electron chi connectivity index (χ0n) is 10.8. The maximum absolute atomic E-state index is 13.7. The number of aliphatic hydroxyl groups excluding tert-OH is 1. The van der Waals surface area contributed by atoms with Gasteiger partial charge in [-0.2, -0.15) is 5.10 Å². The van der Waals surface area contributed by atoms with Gasteiger partial charge in [-0.1, -0.05) is 0 Å². The number of aliphatic hydroxyl groups is 1. The Morgan fingerprint density at radius 3 is 2.85 bits per heavy atom. The molecule has 6 nitrogen and oxygen atoms in total. The van der Waals surface area contributed by atoms with E-state index >= 15 is 0 Å². The average molecular weight is 279 g/mol. The number of aromatic nitrogens is 2. The van der Waals surface area contributed by atoms with Crippen LogP contribution in [0.3, 0.4) is 0 Å². The van der Waals surface area contributed by atoms with E-state index < -0.39 is 5.82 Å². The molecule has 2 aromatic rings. The van der Waals surface area contributed by atoms with E-state index in [0.29, 0.717) is 11.8 Å². The van der Waals surface area contributed by atoms with Crippen LogP contribution in [-0.4, -0.2) is 34.9 Å². The van der Waals surface area contributed by atoms with Crippen LogP contribution in [0.25, 0.3) is 11.3 Å². The van der Waals surface area contributed by atoms with E-state index in [2.05, 4.69) is 5.10 Å². The molecule has 106 valence electrons. The minimum Gasteiger partial charge on any atom is -0.494 e. The summed E-state index contributed by atoms with van der Waals surface area (Å²) in [5, 5.41) is 13.0. The van der Waals surface area contributed by atoms with Gasteiger partial charge < -0.3 is 15.6 Å². The van der Waals surface area contributed by atoms with Gasteiger partial charge in [0.2, 0.25) is 0 Å². The first-order valence-electron chi connectivity index (χ1n) is 5.88. The predicted octanol–water partition coefficient (Wildman–Crippen LogP) is 1.08. The quantitative estimate of drug-likeness (QED) is 0.799. The molecule has 0 unspecified atom stereocenters. The summed E-state index contributed by atoms with van der Waals surface area (Å²) in [6, 6.07) is 4.25. The number of carbonyl (C=O) groups excluding carboxylic acids is 1. The maximum Gasteiger partial charge on any atom is 0.165 e. The van der Waals surface area contributed by atoms with Gasteiger partial charge in [0.05, 0.1) is 25.8 Å². The molecule has 0 aliphatic rings. The molecule has 1 aromatic carbocycles. The zero-order chi connectivity index (χ0) is 14.7. The Morgan fingerprint density at radius 1 is 1.55 bits per heavy atom. The Labute approximate surface area is 114 Å². The second kappa shape index (κ2) is 5.70. The van der Waals surface area contributed by atoms with Gasteiger partial charge in [-0.15, -0.1) is 0 Å². The highest BCUT2D eigenvalue weighted by molar-refractivity contribution is 5.91. The topological polar surface area (TPSA) is 90.4 Å². The number of benzene rings is 1. The maximum atomic E-state index is 13.7. The number of anilines is 1. The minimum atomic E-state index is -0.558. The molecule has 0 spiro atoms. The van der Waals surface area contributed by atoms with Crippen LogP contribution in [0, 0.1) is 5.82 Å². The van der Waals surface area contributed by atoms with Crippen molar-refractivity contribution >= 4 is 12.1 Å². The third kappa shape index (κ3) is 2.35. The molecule has 1 aromatic heterocycles. The normalized spacial score (nSPS) is 10.6. The van der Waals surface area contributed by atoms with E-state index in [9.17, 15) is 9.18 Å².